The second-order valence-corrected chi connectivity index (χ2v) is 10.9. The maximum atomic E-state index is 2.42. The average Bonchev–Trinajstić information content (AvgIpc) is 2.96. The Morgan fingerprint density at radius 3 is 1.73 bits per heavy atom. The highest BCUT2D eigenvalue weighted by atomic mass is 14.3. The summed E-state index contributed by atoms with van der Waals surface area (Å²) in [5, 5.41) is 8.22. The van der Waals surface area contributed by atoms with Crippen LogP contribution < -0.4 is 0 Å². The van der Waals surface area contributed by atoms with Gasteiger partial charge in [-0.05, 0) is 90.9 Å². The SMILES string of the molecule is CC1CCC(c2c3ccccc3c(-c3cccc(-c4cccc5ccccc45)c3)c3ccccc23)CC1. The van der Waals surface area contributed by atoms with Crippen molar-refractivity contribution in [3.05, 3.63) is 121 Å². The molecule has 0 aliphatic heterocycles. The number of rotatable bonds is 3. The molecule has 0 spiro atoms. The Hall–Kier alpha value is -3.90. The molecule has 1 aliphatic rings. The number of hydrogen-bond donors (Lipinski definition) is 0. The molecule has 0 aromatic heterocycles. The fraction of sp³-hybridized carbons (Fsp3) is 0.189. The molecule has 0 heteroatoms. The monoisotopic (exact) mass is 476 g/mol. The van der Waals surface area contributed by atoms with Gasteiger partial charge >= 0.3 is 0 Å². The summed E-state index contributed by atoms with van der Waals surface area (Å²) in [6.45, 7) is 2.42. The number of benzene rings is 6. The van der Waals surface area contributed by atoms with Crippen LogP contribution in [-0.4, -0.2) is 0 Å². The zero-order chi connectivity index (χ0) is 24.8. The Morgan fingerprint density at radius 2 is 1.03 bits per heavy atom. The molecule has 6 aromatic rings. The predicted octanol–water partition coefficient (Wildman–Crippen LogP) is 10.8. The zero-order valence-electron chi connectivity index (χ0n) is 21.5. The summed E-state index contributed by atoms with van der Waals surface area (Å²) in [6, 6.07) is 42.8. The fourth-order valence-corrected chi connectivity index (χ4v) is 6.78. The first-order valence-corrected chi connectivity index (χ1v) is 13.8. The first kappa shape index (κ1) is 22.3. The van der Waals surface area contributed by atoms with Crippen molar-refractivity contribution in [1.29, 1.82) is 0 Å². The molecule has 0 bridgehead atoms. The third kappa shape index (κ3) is 3.83. The van der Waals surface area contributed by atoms with Crippen LogP contribution in [0.25, 0.3) is 54.6 Å². The smallest absolute Gasteiger partial charge is 0.00264 e. The highest BCUT2D eigenvalue weighted by molar-refractivity contribution is 6.15. The molecular weight excluding hydrogens is 444 g/mol. The van der Waals surface area contributed by atoms with Crippen molar-refractivity contribution in [1.82, 2.24) is 0 Å². The standard InChI is InChI=1S/C37H32/c1-25-20-22-27(23-21-25)36-32-15-4-6-17-34(32)37(35-18-7-5-16-33(35)36)29-13-8-12-28(24-29)31-19-9-11-26-10-2-3-14-30(26)31/h2-19,24-25,27H,20-23H2,1H3. The van der Waals surface area contributed by atoms with Gasteiger partial charge in [-0.2, -0.15) is 0 Å². The lowest BCUT2D eigenvalue weighted by atomic mass is 9.75. The van der Waals surface area contributed by atoms with Crippen molar-refractivity contribution in [2.24, 2.45) is 5.92 Å². The fourth-order valence-electron chi connectivity index (χ4n) is 6.78. The molecule has 0 atom stereocenters. The van der Waals surface area contributed by atoms with E-state index in [-0.39, 0.29) is 0 Å². The van der Waals surface area contributed by atoms with E-state index >= 15 is 0 Å². The quantitative estimate of drug-likeness (QED) is 0.223. The third-order valence-corrected chi connectivity index (χ3v) is 8.65. The van der Waals surface area contributed by atoms with Gasteiger partial charge in [-0.3, -0.25) is 0 Å². The van der Waals surface area contributed by atoms with Gasteiger partial charge in [0, 0.05) is 0 Å². The lowest BCUT2D eigenvalue weighted by Crippen LogP contribution is -2.12. The van der Waals surface area contributed by atoms with Gasteiger partial charge in [0.1, 0.15) is 0 Å². The summed E-state index contributed by atoms with van der Waals surface area (Å²) >= 11 is 0. The molecule has 0 saturated heterocycles. The first-order chi connectivity index (χ1) is 18.3. The molecule has 0 N–H and O–H groups in total. The van der Waals surface area contributed by atoms with E-state index in [0.717, 1.165) is 5.92 Å². The van der Waals surface area contributed by atoms with E-state index in [1.807, 2.05) is 0 Å². The van der Waals surface area contributed by atoms with Crippen LogP contribution in [0.15, 0.2) is 115 Å². The van der Waals surface area contributed by atoms with Crippen LogP contribution in [0, 0.1) is 5.92 Å². The molecule has 180 valence electrons. The maximum absolute atomic E-state index is 2.42. The summed E-state index contributed by atoms with van der Waals surface area (Å²) in [7, 11) is 0. The normalized spacial score (nSPS) is 18.0. The predicted molar refractivity (Wildman–Crippen MR) is 160 cm³/mol. The summed E-state index contributed by atoms with van der Waals surface area (Å²) in [6.07, 6.45) is 5.26. The Labute approximate surface area is 219 Å². The van der Waals surface area contributed by atoms with Gasteiger partial charge in [0.05, 0.1) is 0 Å². The minimum atomic E-state index is 0.641. The van der Waals surface area contributed by atoms with Crippen LogP contribution in [-0.2, 0) is 0 Å². The van der Waals surface area contributed by atoms with Crippen molar-refractivity contribution in [2.75, 3.05) is 0 Å². The van der Waals surface area contributed by atoms with Crippen LogP contribution >= 0.6 is 0 Å². The Balaban J connectivity index is 1.48. The Bertz CT molecular complexity index is 1690. The molecule has 37 heavy (non-hydrogen) atoms. The van der Waals surface area contributed by atoms with E-state index < -0.39 is 0 Å². The summed E-state index contributed by atoms with van der Waals surface area (Å²) in [4.78, 5) is 0. The Morgan fingerprint density at radius 1 is 0.486 bits per heavy atom. The van der Waals surface area contributed by atoms with E-state index in [0.29, 0.717) is 5.92 Å². The van der Waals surface area contributed by atoms with Crippen LogP contribution in [0.1, 0.15) is 44.1 Å². The second kappa shape index (κ2) is 9.20. The van der Waals surface area contributed by atoms with Gasteiger partial charge in [0.25, 0.3) is 0 Å². The van der Waals surface area contributed by atoms with Crippen molar-refractivity contribution in [3.8, 4) is 22.3 Å². The van der Waals surface area contributed by atoms with Gasteiger partial charge in [0.15, 0.2) is 0 Å². The molecule has 0 unspecified atom stereocenters. The van der Waals surface area contributed by atoms with E-state index in [9.17, 15) is 0 Å². The molecule has 1 saturated carbocycles. The lowest BCUT2D eigenvalue weighted by Gasteiger charge is -2.29. The summed E-state index contributed by atoms with van der Waals surface area (Å²) < 4.78 is 0. The minimum absolute atomic E-state index is 0.641. The van der Waals surface area contributed by atoms with E-state index in [1.54, 1.807) is 5.56 Å². The molecule has 1 fully saturated rings. The van der Waals surface area contributed by atoms with Crippen LogP contribution in [0.2, 0.25) is 0 Å². The zero-order valence-corrected chi connectivity index (χ0v) is 21.5. The molecule has 7 rings (SSSR count). The van der Waals surface area contributed by atoms with Crippen LogP contribution in [0.5, 0.6) is 0 Å². The molecule has 1 aliphatic carbocycles. The minimum Gasteiger partial charge on any atom is -0.0625 e. The first-order valence-electron chi connectivity index (χ1n) is 13.8. The Kier molecular flexibility index (Phi) is 5.55. The number of fused-ring (bicyclic) bond motifs is 3. The van der Waals surface area contributed by atoms with Gasteiger partial charge in [-0.25, -0.2) is 0 Å². The molecule has 0 amide bonds. The molecule has 0 radical (unpaired) electrons. The molecular formula is C37H32. The van der Waals surface area contributed by atoms with Gasteiger partial charge < -0.3 is 0 Å². The lowest BCUT2D eigenvalue weighted by molar-refractivity contribution is 0.350. The largest absolute Gasteiger partial charge is 0.0625 e. The van der Waals surface area contributed by atoms with E-state index in [4.69, 9.17) is 0 Å². The van der Waals surface area contributed by atoms with Gasteiger partial charge in [-0.1, -0.05) is 129 Å². The average molecular weight is 477 g/mol. The van der Waals surface area contributed by atoms with Crippen molar-refractivity contribution >= 4 is 32.3 Å². The molecule has 0 nitrogen and oxygen atoms in total. The van der Waals surface area contributed by atoms with Gasteiger partial charge in [-0.15, -0.1) is 0 Å². The third-order valence-electron chi connectivity index (χ3n) is 8.65. The number of hydrogen-bond acceptors (Lipinski definition) is 0. The van der Waals surface area contributed by atoms with Crippen LogP contribution in [0.3, 0.4) is 0 Å². The molecule has 6 aromatic carbocycles. The highest BCUT2D eigenvalue weighted by Crippen LogP contribution is 2.46. The molecule has 0 heterocycles. The highest BCUT2D eigenvalue weighted by Gasteiger charge is 2.25. The van der Waals surface area contributed by atoms with Crippen molar-refractivity contribution in [3.63, 3.8) is 0 Å². The van der Waals surface area contributed by atoms with E-state index in [1.165, 1.54) is 80.3 Å². The maximum Gasteiger partial charge on any atom is -0.00264 e. The second-order valence-electron chi connectivity index (χ2n) is 10.9. The van der Waals surface area contributed by atoms with E-state index in [2.05, 4.69) is 122 Å². The van der Waals surface area contributed by atoms with Crippen molar-refractivity contribution in [2.45, 2.75) is 38.5 Å². The summed E-state index contributed by atoms with van der Waals surface area (Å²) in [5.41, 5.74) is 6.80. The summed E-state index contributed by atoms with van der Waals surface area (Å²) in [5.74, 6) is 1.49. The van der Waals surface area contributed by atoms with Crippen molar-refractivity contribution < 1.29 is 0 Å². The topological polar surface area (TPSA) is 0 Å². The van der Waals surface area contributed by atoms with Crippen LogP contribution in [0.4, 0.5) is 0 Å². The van der Waals surface area contributed by atoms with Gasteiger partial charge in [0.2, 0.25) is 0 Å².